The Bertz CT molecular complexity index is 189. The number of nitrogens with two attached hydrogens (primary N) is 1. The molecule has 1 saturated carbocycles. The maximum atomic E-state index is 5.95. The Hall–Kier alpha value is -0.0800. The fraction of sp³-hybridized carbons (Fsp3) is 1.00. The van der Waals surface area contributed by atoms with Crippen molar-refractivity contribution < 1.29 is 4.74 Å². The van der Waals surface area contributed by atoms with Gasteiger partial charge in [-0.15, -0.1) is 0 Å². The van der Waals surface area contributed by atoms with Gasteiger partial charge in [-0.3, -0.25) is 0 Å². The summed E-state index contributed by atoms with van der Waals surface area (Å²) in [6, 6.07) is 0. The van der Waals surface area contributed by atoms with Crippen molar-refractivity contribution in [2.75, 3.05) is 13.2 Å². The Morgan fingerprint density at radius 1 is 1.43 bits per heavy atom. The largest absolute Gasteiger partial charge is 0.378 e. The average molecular weight is 197 g/mol. The first-order valence-electron chi connectivity index (χ1n) is 6.06. The third kappa shape index (κ3) is 2.12. The molecule has 0 aromatic rings. The van der Waals surface area contributed by atoms with Gasteiger partial charge in [0.15, 0.2) is 0 Å². The van der Waals surface area contributed by atoms with Gasteiger partial charge in [-0.1, -0.05) is 13.3 Å². The Labute approximate surface area is 87.2 Å². The second-order valence-electron chi connectivity index (χ2n) is 5.39. The van der Waals surface area contributed by atoms with Gasteiger partial charge in [0, 0.05) is 6.61 Å². The number of rotatable bonds is 3. The molecule has 82 valence electrons. The van der Waals surface area contributed by atoms with E-state index in [0.717, 1.165) is 19.1 Å². The predicted octanol–water partition coefficient (Wildman–Crippen LogP) is 2.32. The molecule has 3 unspecified atom stereocenters. The standard InChI is InChI=1S/C12H23NO/c1-10-4-5-12(7-10,9-13)8-11-3-2-6-14-11/h10-11H,2-9,13H2,1H3. The normalized spacial score (nSPS) is 43.3. The van der Waals surface area contributed by atoms with Gasteiger partial charge in [0.1, 0.15) is 0 Å². The highest BCUT2D eigenvalue weighted by Gasteiger charge is 2.38. The molecule has 0 radical (unpaired) electrons. The van der Waals surface area contributed by atoms with Crippen LogP contribution in [0.25, 0.3) is 0 Å². The highest BCUT2D eigenvalue weighted by molar-refractivity contribution is 4.91. The van der Waals surface area contributed by atoms with E-state index in [1.54, 1.807) is 0 Å². The maximum Gasteiger partial charge on any atom is 0.0581 e. The zero-order chi connectivity index (χ0) is 10.0. The number of hydrogen-bond donors (Lipinski definition) is 1. The molecular weight excluding hydrogens is 174 g/mol. The monoisotopic (exact) mass is 197 g/mol. The summed E-state index contributed by atoms with van der Waals surface area (Å²) >= 11 is 0. The van der Waals surface area contributed by atoms with Gasteiger partial charge < -0.3 is 10.5 Å². The van der Waals surface area contributed by atoms with Crippen molar-refractivity contribution in [2.45, 2.75) is 51.6 Å². The van der Waals surface area contributed by atoms with Crippen LogP contribution >= 0.6 is 0 Å². The molecule has 0 amide bonds. The molecule has 0 bridgehead atoms. The van der Waals surface area contributed by atoms with Crippen LogP contribution in [-0.2, 0) is 4.74 Å². The lowest BCUT2D eigenvalue weighted by atomic mass is 9.79. The third-order valence-electron chi connectivity index (χ3n) is 4.07. The summed E-state index contributed by atoms with van der Waals surface area (Å²) in [5.41, 5.74) is 6.38. The zero-order valence-electron chi connectivity index (χ0n) is 9.30. The molecule has 0 spiro atoms. The fourth-order valence-corrected chi connectivity index (χ4v) is 3.24. The molecule has 1 saturated heterocycles. The summed E-state index contributed by atoms with van der Waals surface area (Å²) in [7, 11) is 0. The maximum absolute atomic E-state index is 5.95. The first-order chi connectivity index (χ1) is 6.74. The molecule has 2 aliphatic rings. The van der Waals surface area contributed by atoms with Gasteiger partial charge in [-0.2, -0.15) is 0 Å². The minimum Gasteiger partial charge on any atom is -0.378 e. The summed E-state index contributed by atoms with van der Waals surface area (Å²) in [5.74, 6) is 0.875. The van der Waals surface area contributed by atoms with Gasteiger partial charge in [0.25, 0.3) is 0 Å². The van der Waals surface area contributed by atoms with Crippen molar-refractivity contribution in [2.24, 2.45) is 17.1 Å². The van der Waals surface area contributed by atoms with Crippen LogP contribution in [0.5, 0.6) is 0 Å². The van der Waals surface area contributed by atoms with Crippen molar-refractivity contribution in [3.63, 3.8) is 0 Å². The molecule has 2 fully saturated rings. The lowest BCUT2D eigenvalue weighted by Gasteiger charge is -2.30. The van der Waals surface area contributed by atoms with Gasteiger partial charge in [-0.05, 0) is 50.0 Å². The second-order valence-corrected chi connectivity index (χ2v) is 5.39. The smallest absolute Gasteiger partial charge is 0.0581 e. The van der Waals surface area contributed by atoms with Crippen LogP contribution in [0.3, 0.4) is 0 Å². The van der Waals surface area contributed by atoms with Crippen LogP contribution < -0.4 is 5.73 Å². The first kappa shape index (κ1) is 10.4. The van der Waals surface area contributed by atoms with Crippen molar-refractivity contribution >= 4 is 0 Å². The number of hydrogen-bond acceptors (Lipinski definition) is 2. The summed E-state index contributed by atoms with van der Waals surface area (Å²) in [6.45, 7) is 4.19. The van der Waals surface area contributed by atoms with Crippen molar-refractivity contribution in [3.05, 3.63) is 0 Å². The molecule has 2 nitrogen and oxygen atoms in total. The molecule has 0 aromatic heterocycles. The number of ether oxygens (including phenoxy) is 1. The van der Waals surface area contributed by atoms with Gasteiger partial charge >= 0.3 is 0 Å². The molecule has 2 heteroatoms. The Kier molecular flexibility index (Phi) is 3.13. The van der Waals surface area contributed by atoms with E-state index in [-0.39, 0.29) is 0 Å². The lowest BCUT2D eigenvalue weighted by Crippen LogP contribution is -2.32. The highest BCUT2D eigenvalue weighted by Crippen LogP contribution is 2.45. The van der Waals surface area contributed by atoms with Crippen LogP contribution in [0.2, 0.25) is 0 Å². The fourth-order valence-electron chi connectivity index (χ4n) is 3.24. The second kappa shape index (κ2) is 4.19. The summed E-state index contributed by atoms with van der Waals surface area (Å²) in [5, 5.41) is 0. The minimum absolute atomic E-state index is 0.425. The van der Waals surface area contributed by atoms with Crippen molar-refractivity contribution in [1.29, 1.82) is 0 Å². The van der Waals surface area contributed by atoms with Crippen LogP contribution in [-0.4, -0.2) is 19.3 Å². The zero-order valence-corrected chi connectivity index (χ0v) is 9.30. The quantitative estimate of drug-likeness (QED) is 0.753. The van der Waals surface area contributed by atoms with Crippen LogP contribution in [0.4, 0.5) is 0 Å². The minimum atomic E-state index is 0.425. The lowest BCUT2D eigenvalue weighted by molar-refractivity contribution is 0.0636. The van der Waals surface area contributed by atoms with E-state index in [2.05, 4.69) is 6.92 Å². The SMILES string of the molecule is CC1CCC(CN)(CC2CCCO2)C1. The van der Waals surface area contributed by atoms with Gasteiger partial charge in [0.2, 0.25) is 0 Å². The van der Waals surface area contributed by atoms with E-state index in [1.165, 1.54) is 38.5 Å². The highest BCUT2D eigenvalue weighted by atomic mass is 16.5. The molecule has 14 heavy (non-hydrogen) atoms. The molecule has 2 N–H and O–H groups in total. The molecule has 2 rings (SSSR count). The van der Waals surface area contributed by atoms with E-state index in [0.29, 0.717) is 11.5 Å². The van der Waals surface area contributed by atoms with Crippen LogP contribution in [0.15, 0.2) is 0 Å². The molecule has 3 atom stereocenters. The van der Waals surface area contributed by atoms with E-state index in [4.69, 9.17) is 10.5 Å². The van der Waals surface area contributed by atoms with E-state index in [9.17, 15) is 0 Å². The summed E-state index contributed by atoms with van der Waals surface area (Å²) in [6.07, 6.45) is 8.26. The van der Waals surface area contributed by atoms with E-state index < -0.39 is 0 Å². The summed E-state index contributed by atoms with van der Waals surface area (Å²) < 4.78 is 5.72. The van der Waals surface area contributed by atoms with Crippen LogP contribution in [0.1, 0.15) is 45.4 Å². The Morgan fingerprint density at radius 3 is 2.79 bits per heavy atom. The van der Waals surface area contributed by atoms with E-state index in [1.807, 2.05) is 0 Å². The van der Waals surface area contributed by atoms with Gasteiger partial charge in [0.05, 0.1) is 6.10 Å². The van der Waals surface area contributed by atoms with Crippen molar-refractivity contribution in [3.8, 4) is 0 Å². The molecule has 1 aliphatic carbocycles. The van der Waals surface area contributed by atoms with Crippen molar-refractivity contribution in [1.82, 2.24) is 0 Å². The molecule has 1 heterocycles. The molecule has 0 aromatic carbocycles. The molecular formula is C12H23NO. The molecule has 1 aliphatic heterocycles. The predicted molar refractivity (Wildman–Crippen MR) is 58.1 cm³/mol. The Morgan fingerprint density at radius 2 is 2.29 bits per heavy atom. The first-order valence-corrected chi connectivity index (χ1v) is 6.06. The summed E-state index contributed by atoms with van der Waals surface area (Å²) in [4.78, 5) is 0. The topological polar surface area (TPSA) is 35.2 Å². The third-order valence-corrected chi connectivity index (χ3v) is 4.07. The van der Waals surface area contributed by atoms with Gasteiger partial charge in [-0.25, -0.2) is 0 Å². The van der Waals surface area contributed by atoms with E-state index >= 15 is 0 Å². The average Bonchev–Trinajstić information content (AvgIpc) is 2.77. The Balaban J connectivity index is 1.91. The van der Waals surface area contributed by atoms with Crippen LogP contribution in [0, 0.1) is 11.3 Å².